The first kappa shape index (κ1) is 23.2. The number of likely N-dealkylation sites (tertiary alicyclic amines) is 1. The van der Waals surface area contributed by atoms with Crippen LogP contribution in [0.4, 0.5) is 11.5 Å². The average Bonchev–Trinajstić information content (AvgIpc) is 3.36. The maximum absolute atomic E-state index is 13.2. The van der Waals surface area contributed by atoms with E-state index in [1.165, 1.54) is 5.06 Å². The van der Waals surface area contributed by atoms with E-state index in [0.717, 1.165) is 5.69 Å². The van der Waals surface area contributed by atoms with E-state index in [1.807, 2.05) is 19.1 Å². The van der Waals surface area contributed by atoms with Crippen LogP contribution in [-0.2, 0) is 19.2 Å². The van der Waals surface area contributed by atoms with Crippen molar-refractivity contribution >= 4 is 35.2 Å². The summed E-state index contributed by atoms with van der Waals surface area (Å²) in [5, 5.41) is 13.4. The fraction of sp³-hybridized carbons (Fsp3) is 0.192. The van der Waals surface area contributed by atoms with Crippen molar-refractivity contribution in [1.82, 2.24) is 9.88 Å². The summed E-state index contributed by atoms with van der Waals surface area (Å²) in [7, 11) is 0. The number of anilines is 2. The Morgan fingerprint density at radius 3 is 2.47 bits per heavy atom. The molecule has 2 saturated heterocycles. The van der Waals surface area contributed by atoms with Gasteiger partial charge in [-0.25, -0.2) is 10.0 Å². The fourth-order valence-corrected chi connectivity index (χ4v) is 4.57. The quantitative estimate of drug-likeness (QED) is 0.509. The van der Waals surface area contributed by atoms with Gasteiger partial charge in [0, 0.05) is 11.3 Å². The van der Waals surface area contributed by atoms with Gasteiger partial charge in [-0.15, -0.1) is 0 Å². The molecule has 0 spiro atoms. The summed E-state index contributed by atoms with van der Waals surface area (Å²) in [6.07, 6.45) is -1.17. The number of nitrogens with zero attached hydrogens (tertiary/aromatic N) is 3. The normalized spacial score (nSPS) is 21.0. The number of benzene rings is 2. The first-order valence-electron chi connectivity index (χ1n) is 11.3. The number of hydroxylamine groups is 1. The molecule has 10 heteroatoms. The second-order valence-electron chi connectivity index (χ2n) is 8.56. The van der Waals surface area contributed by atoms with Crippen LogP contribution in [0, 0.1) is 12.8 Å². The number of rotatable bonds is 6. The minimum atomic E-state index is -1.29. The molecule has 2 aliphatic heterocycles. The van der Waals surface area contributed by atoms with Crippen molar-refractivity contribution in [1.29, 1.82) is 0 Å². The number of hydrogen-bond acceptors (Lipinski definition) is 7. The molecule has 2 N–H and O–H groups in total. The van der Waals surface area contributed by atoms with Crippen LogP contribution in [0.25, 0.3) is 0 Å². The third kappa shape index (κ3) is 4.18. The lowest BCUT2D eigenvalue weighted by atomic mass is 9.89. The Morgan fingerprint density at radius 1 is 1.00 bits per heavy atom. The van der Waals surface area contributed by atoms with Crippen molar-refractivity contribution in [2.24, 2.45) is 5.92 Å². The minimum Gasteiger partial charge on any atom is -0.480 e. The highest BCUT2D eigenvalue weighted by Gasteiger charge is 2.60. The number of carbonyl (C=O) groups is 4. The van der Waals surface area contributed by atoms with E-state index in [2.05, 4.69) is 10.3 Å². The largest absolute Gasteiger partial charge is 0.480 e. The van der Waals surface area contributed by atoms with Gasteiger partial charge in [0.1, 0.15) is 18.3 Å². The number of aliphatic carboxylic acids is 1. The van der Waals surface area contributed by atoms with Gasteiger partial charge in [-0.05, 0) is 48.9 Å². The number of aromatic nitrogens is 1. The Balaban J connectivity index is 1.51. The summed E-state index contributed by atoms with van der Waals surface area (Å²) in [6.45, 7) is 1.08. The standard InChI is InChI=1S/C26H22N4O6/c1-15-7-5-12-19(27-15)28-24(33)17-9-6-8-16(13-17)22-21-23(26(35)29(25(21)34)14-20(31)32)36-30(22)18-10-3-2-4-11-18/h2-13,21-23H,14H2,1H3,(H,31,32)(H,27,28,33)/t21-,22+,23+/m1/s1. The molecule has 3 heterocycles. The van der Waals surface area contributed by atoms with Gasteiger partial charge >= 0.3 is 5.97 Å². The van der Waals surface area contributed by atoms with E-state index in [1.54, 1.807) is 60.7 Å². The van der Waals surface area contributed by atoms with Gasteiger partial charge in [-0.1, -0.05) is 36.4 Å². The molecule has 36 heavy (non-hydrogen) atoms. The number of pyridine rings is 1. The molecule has 10 nitrogen and oxygen atoms in total. The zero-order valence-electron chi connectivity index (χ0n) is 19.2. The van der Waals surface area contributed by atoms with Gasteiger partial charge in [0.15, 0.2) is 6.10 Å². The number of carbonyl (C=O) groups excluding carboxylic acids is 3. The first-order valence-corrected chi connectivity index (χ1v) is 11.3. The molecule has 3 atom stereocenters. The third-order valence-corrected chi connectivity index (χ3v) is 6.13. The maximum Gasteiger partial charge on any atom is 0.323 e. The predicted octanol–water partition coefficient (Wildman–Crippen LogP) is 2.57. The van der Waals surface area contributed by atoms with Crippen molar-refractivity contribution in [2.45, 2.75) is 19.1 Å². The van der Waals surface area contributed by atoms with Gasteiger partial charge in [0.25, 0.3) is 11.8 Å². The van der Waals surface area contributed by atoms with Gasteiger partial charge < -0.3 is 10.4 Å². The number of carboxylic acid groups (broad SMARTS) is 1. The number of imide groups is 1. The average molecular weight is 486 g/mol. The minimum absolute atomic E-state index is 0.325. The number of aryl methyl sites for hydroxylation is 1. The first-order chi connectivity index (χ1) is 17.3. The van der Waals surface area contributed by atoms with E-state index in [9.17, 15) is 24.3 Å². The van der Waals surface area contributed by atoms with Crippen LogP contribution in [0.5, 0.6) is 0 Å². The molecule has 1 aromatic heterocycles. The molecule has 0 saturated carbocycles. The van der Waals surface area contributed by atoms with Crippen LogP contribution >= 0.6 is 0 Å². The molecule has 3 aromatic rings. The highest BCUT2D eigenvalue weighted by molar-refractivity contribution is 6.09. The Bertz CT molecular complexity index is 1360. The maximum atomic E-state index is 13.2. The molecule has 5 rings (SSSR count). The molecule has 2 fully saturated rings. The van der Waals surface area contributed by atoms with E-state index in [-0.39, 0.29) is 0 Å². The summed E-state index contributed by atoms with van der Waals surface area (Å²) in [5.41, 5.74) is 2.26. The highest BCUT2D eigenvalue weighted by Crippen LogP contribution is 2.46. The predicted molar refractivity (Wildman–Crippen MR) is 128 cm³/mol. The Labute approximate surface area is 206 Å². The van der Waals surface area contributed by atoms with E-state index in [4.69, 9.17) is 4.84 Å². The zero-order chi connectivity index (χ0) is 25.4. The van der Waals surface area contributed by atoms with E-state index in [0.29, 0.717) is 27.5 Å². The van der Waals surface area contributed by atoms with Crippen LogP contribution in [0.3, 0.4) is 0 Å². The van der Waals surface area contributed by atoms with E-state index < -0.39 is 48.3 Å². The summed E-state index contributed by atoms with van der Waals surface area (Å²) in [5.74, 6) is -3.59. The van der Waals surface area contributed by atoms with Gasteiger partial charge in [-0.3, -0.25) is 28.9 Å². The van der Waals surface area contributed by atoms with Crippen LogP contribution in [-0.4, -0.2) is 51.3 Å². The number of amides is 3. The lowest BCUT2D eigenvalue weighted by molar-refractivity contribution is -0.151. The van der Waals surface area contributed by atoms with Gasteiger partial charge in [0.2, 0.25) is 5.91 Å². The number of para-hydroxylation sites is 1. The second-order valence-corrected chi connectivity index (χ2v) is 8.56. The van der Waals surface area contributed by atoms with Gasteiger partial charge in [-0.2, -0.15) is 0 Å². The molecule has 0 radical (unpaired) electrons. The smallest absolute Gasteiger partial charge is 0.323 e. The van der Waals surface area contributed by atoms with Crippen molar-refractivity contribution in [3.63, 3.8) is 0 Å². The second kappa shape index (κ2) is 9.23. The topological polar surface area (TPSA) is 129 Å². The van der Waals surface area contributed by atoms with Crippen molar-refractivity contribution < 1.29 is 29.1 Å². The molecule has 0 bridgehead atoms. The van der Waals surface area contributed by atoms with Gasteiger partial charge in [0.05, 0.1) is 11.7 Å². The monoisotopic (exact) mass is 486 g/mol. The highest BCUT2D eigenvalue weighted by atomic mass is 16.7. The van der Waals surface area contributed by atoms with Crippen LogP contribution in [0.2, 0.25) is 0 Å². The SMILES string of the molecule is Cc1cccc(NC(=O)c2cccc([C@H]3[C@H]4C(=O)N(CC(=O)O)C(=O)[C@H]4ON3c3ccccc3)c2)n1. The van der Waals surface area contributed by atoms with E-state index >= 15 is 0 Å². The molecule has 182 valence electrons. The molecule has 0 unspecified atom stereocenters. The molecule has 2 aromatic carbocycles. The summed E-state index contributed by atoms with van der Waals surface area (Å²) in [6, 6.07) is 20.2. The zero-order valence-corrected chi connectivity index (χ0v) is 19.2. The number of carboxylic acids is 1. The number of fused-ring (bicyclic) bond motifs is 1. The summed E-state index contributed by atoms with van der Waals surface area (Å²) >= 11 is 0. The molecule has 0 aliphatic carbocycles. The number of hydrogen-bond donors (Lipinski definition) is 2. The number of nitrogens with one attached hydrogen (secondary N) is 1. The summed E-state index contributed by atoms with van der Waals surface area (Å²) < 4.78 is 0. The fourth-order valence-electron chi connectivity index (χ4n) is 4.57. The Hall–Kier alpha value is -4.57. The van der Waals surface area contributed by atoms with Crippen molar-refractivity contribution in [3.8, 4) is 0 Å². The summed E-state index contributed by atoms with van der Waals surface area (Å²) in [4.78, 5) is 61.3. The van der Waals surface area contributed by atoms with Crippen LogP contribution in [0.1, 0.15) is 27.7 Å². The molecule has 3 amide bonds. The third-order valence-electron chi connectivity index (χ3n) is 6.13. The lowest BCUT2D eigenvalue weighted by Gasteiger charge is -2.28. The van der Waals surface area contributed by atoms with Crippen molar-refractivity contribution in [3.05, 3.63) is 89.6 Å². The lowest BCUT2D eigenvalue weighted by Crippen LogP contribution is -2.40. The Kier molecular flexibility index (Phi) is 5.95. The van der Waals surface area contributed by atoms with Crippen LogP contribution < -0.4 is 10.4 Å². The van der Waals surface area contributed by atoms with Crippen molar-refractivity contribution in [2.75, 3.05) is 16.9 Å². The molecule has 2 aliphatic rings. The Morgan fingerprint density at radius 2 is 1.75 bits per heavy atom. The molecular weight excluding hydrogens is 464 g/mol. The molecular formula is C26H22N4O6. The van der Waals surface area contributed by atoms with Crippen LogP contribution in [0.15, 0.2) is 72.8 Å².